The maximum atomic E-state index is 14.2. The number of benzene rings is 2. The Morgan fingerprint density at radius 2 is 1.19 bits per heavy atom. The van der Waals surface area contributed by atoms with Crippen LogP contribution in [0.4, 0.5) is 8.78 Å². The van der Waals surface area contributed by atoms with E-state index in [1.54, 1.807) is 32.0 Å². The summed E-state index contributed by atoms with van der Waals surface area (Å²) in [5.74, 6) is -0.572. The molecule has 0 amide bonds. The lowest BCUT2D eigenvalue weighted by atomic mass is 9.62. The molecule has 9 nitrogen and oxygen atoms in total. The second kappa shape index (κ2) is 17.9. The minimum atomic E-state index is -0.436. The molecule has 2 aromatic heterocycles. The van der Waals surface area contributed by atoms with Crippen molar-refractivity contribution in [2.45, 2.75) is 69.7 Å². The van der Waals surface area contributed by atoms with Crippen LogP contribution >= 0.6 is 24.0 Å². The van der Waals surface area contributed by atoms with Crippen molar-refractivity contribution >= 4 is 35.9 Å². The monoisotopic (exact) mass is 701 g/mol. The fourth-order valence-corrected chi connectivity index (χ4v) is 5.53. The van der Waals surface area contributed by atoms with Gasteiger partial charge < -0.3 is 15.2 Å². The first kappa shape index (κ1) is 38.4. The first-order valence-corrected chi connectivity index (χ1v) is 15.9. The standard InChI is InChI=1S/C18H19FN2O2.C10H12FN.C7H7ClN2O2.ClH/c1-2-23-17(22)13-11-20-16(21-12-13)10-18(8-5-9-18)14-6-3-4-7-15(14)19;11-9-5-2-1-4-8(9)10(12)6-3-7-10;1-2-12-6(11)5-3-9-7(8)10-4-5;/h3-4,6-7,11-12H,2,5,8-10H2,1H3;1-2,4-5H,3,6-7,12H2;3-4H,2H2,1H3;1H. The molecule has 2 heterocycles. The number of hydrogen-bond donors (Lipinski definition) is 1. The minimum Gasteiger partial charge on any atom is -0.462 e. The zero-order valence-electron chi connectivity index (χ0n) is 26.8. The largest absolute Gasteiger partial charge is 0.462 e. The molecule has 2 N–H and O–H groups in total. The van der Waals surface area contributed by atoms with Gasteiger partial charge in [0, 0.05) is 47.7 Å². The van der Waals surface area contributed by atoms with Gasteiger partial charge in [-0.1, -0.05) is 42.8 Å². The summed E-state index contributed by atoms with van der Waals surface area (Å²) in [5, 5.41) is 0.114. The molecule has 0 spiro atoms. The number of esters is 2. The van der Waals surface area contributed by atoms with Gasteiger partial charge in [0.15, 0.2) is 0 Å². The molecule has 0 bridgehead atoms. The summed E-state index contributed by atoms with van der Waals surface area (Å²) in [7, 11) is 0. The number of nitrogens with zero attached hydrogens (tertiary/aromatic N) is 4. The van der Waals surface area contributed by atoms with Crippen LogP contribution in [0.5, 0.6) is 0 Å². The summed E-state index contributed by atoms with van der Waals surface area (Å²) in [6.45, 7) is 4.13. The Morgan fingerprint density at radius 3 is 1.58 bits per heavy atom. The number of aromatic nitrogens is 4. The molecule has 2 fully saturated rings. The fourth-order valence-electron chi connectivity index (χ4n) is 5.43. The van der Waals surface area contributed by atoms with Gasteiger partial charge >= 0.3 is 11.9 Å². The predicted octanol–water partition coefficient (Wildman–Crippen LogP) is 7.35. The third-order valence-corrected chi connectivity index (χ3v) is 8.45. The van der Waals surface area contributed by atoms with E-state index in [4.69, 9.17) is 26.8 Å². The smallest absolute Gasteiger partial charge is 0.341 e. The summed E-state index contributed by atoms with van der Waals surface area (Å²) in [6.07, 6.45) is 12.1. The molecule has 13 heteroatoms. The van der Waals surface area contributed by atoms with E-state index in [9.17, 15) is 18.4 Å². The van der Waals surface area contributed by atoms with Crippen molar-refractivity contribution in [2.75, 3.05) is 13.2 Å². The van der Waals surface area contributed by atoms with E-state index in [-0.39, 0.29) is 40.3 Å². The predicted molar refractivity (Wildman–Crippen MR) is 180 cm³/mol. The van der Waals surface area contributed by atoms with E-state index in [1.807, 2.05) is 18.2 Å². The first-order valence-electron chi connectivity index (χ1n) is 15.5. The number of ether oxygens (including phenoxy) is 2. The van der Waals surface area contributed by atoms with Crippen LogP contribution in [0.25, 0.3) is 0 Å². The number of hydrogen-bond acceptors (Lipinski definition) is 9. The summed E-state index contributed by atoms with van der Waals surface area (Å²) < 4.78 is 37.0. The van der Waals surface area contributed by atoms with Crippen molar-refractivity contribution < 1.29 is 27.8 Å². The lowest BCUT2D eigenvalue weighted by Gasteiger charge is -2.42. The average molecular weight is 703 g/mol. The van der Waals surface area contributed by atoms with E-state index in [0.29, 0.717) is 42.1 Å². The Kier molecular flexibility index (Phi) is 14.3. The molecule has 2 aromatic carbocycles. The van der Waals surface area contributed by atoms with Crippen molar-refractivity contribution in [1.82, 2.24) is 19.9 Å². The molecule has 2 aliphatic carbocycles. The quantitative estimate of drug-likeness (QED) is 0.148. The van der Waals surface area contributed by atoms with E-state index >= 15 is 0 Å². The molecule has 6 rings (SSSR count). The van der Waals surface area contributed by atoms with Gasteiger partial charge in [-0.15, -0.1) is 12.4 Å². The number of carbonyl (C=O) groups excluding carboxylic acids is 2. The molecule has 48 heavy (non-hydrogen) atoms. The van der Waals surface area contributed by atoms with Gasteiger partial charge in [0.05, 0.1) is 24.3 Å². The summed E-state index contributed by atoms with van der Waals surface area (Å²) >= 11 is 5.42. The van der Waals surface area contributed by atoms with Crippen LogP contribution in [-0.2, 0) is 26.8 Å². The van der Waals surface area contributed by atoms with Gasteiger partial charge in [-0.25, -0.2) is 38.3 Å². The van der Waals surface area contributed by atoms with E-state index < -0.39 is 11.9 Å². The Morgan fingerprint density at radius 1 is 0.750 bits per heavy atom. The molecule has 0 atom stereocenters. The molecular weight excluding hydrogens is 663 g/mol. The molecule has 0 radical (unpaired) electrons. The van der Waals surface area contributed by atoms with Crippen molar-refractivity contribution in [3.63, 3.8) is 0 Å². The van der Waals surface area contributed by atoms with E-state index in [1.165, 1.54) is 36.9 Å². The first-order chi connectivity index (χ1) is 22.6. The Hall–Kier alpha value is -4.06. The van der Waals surface area contributed by atoms with Gasteiger partial charge in [0.2, 0.25) is 5.28 Å². The van der Waals surface area contributed by atoms with Crippen LogP contribution in [0.2, 0.25) is 5.28 Å². The molecule has 2 aliphatic rings. The van der Waals surface area contributed by atoms with Gasteiger partial charge in [-0.3, -0.25) is 0 Å². The molecule has 4 aromatic rings. The SMILES string of the molecule is CCOC(=O)c1cnc(CC2(c3ccccc3F)CCC2)nc1.CCOC(=O)c1cnc(Cl)nc1.Cl.NC1(c2ccccc2F)CCC1. The lowest BCUT2D eigenvalue weighted by Crippen LogP contribution is -2.43. The van der Waals surface area contributed by atoms with Gasteiger partial charge in [-0.2, -0.15) is 0 Å². The molecule has 0 saturated heterocycles. The van der Waals surface area contributed by atoms with Crippen molar-refractivity contribution in [3.05, 3.63) is 118 Å². The van der Waals surface area contributed by atoms with Crippen LogP contribution in [0.1, 0.15) is 90.0 Å². The maximum Gasteiger partial charge on any atom is 0.341 e. The molecule has 0 aliphatic heterocycles. The van der Waals surface area contributed by atoms with Crippen LogP contribution in [0, 0.1) is 11.6 Å². The zero-order valence-corrected chi connectivity index (χ0v) is 28.4. The maximum absolute atomic E-state index is 14.2. The summed E-state index contributed by atoms with van der Waals surface area (Å²) in [4.78, 5) is 38.4. The van der Waals surface area contributed by atoms with Crippen molar-refractivity contribution in [1.29, 1.82) is 0 Å². The summed E-state index contributed by atoms with van der Waals surface area (Å²) in [6, 6.07) is 13.7. The number of halogens is 4. The highest BCUT2D eigenvalue weighted by molar-refractivity contribution is 6.28. The van der Waals surface area contributed by atoms with Crippen molar-refractivity contribution in [3.8, 4) is 0 Å². The summed E-state index contributed by atoms with van der Waals surface area (Å²) in [5.41, 5.74) is 7.45. The second-order valence-corrected chi connectivity index (χ2v) is 11.7. The normalized spacial score (nSPS) is 15.0. The molecule has 256 valence electrons. The van der Waals surface area contributed by atoms with Gasteiger partial charge in [0.25, 0.3) is 0 Å². The van der Waals surface area contributed by atoms with Gasteiger partial charge in [-0.05, 0) is 75.2 Å². The second-order valence-electron chi connectivity index (χ2n) is 11.3. The highest BCUT2D eigenvalue weighted by Gasteiger charge is 2.41. The highest BCUT2D eigenvalue weighted by atomic mass is 35.5. The van der Waals surface area contributed by atoms with Gasteiger partial charge in [0.1, 0.15) is 17.5 Å². The zero-order chi connectivity index (χ0) is 33.9. The average Bonchev–Trinajstić information content (AvgIpc) is 3.04. The van der Waals surface area contributed by atoms with Crippen LogP contribution < -0.4 is 5.73 Å². The van der Waals surface area contributed by atoms with E-state index in [0.717, 1.165) is 44.1 Å². The Bertz CT molecular complexity index is 1640. The topological polar surface area (TPSA) is 130 Å². The molecule has 2 saturated carbocycles. The minimum absolute atomic E-state index is 0. The number of nitrogens with two attached hydrogens (primary N) is 1. The van der Waals surface area contributed by atoms with E-state index in [2.05, 4.69) is 19.9 Å². The number of carbonyl (C=O) groups is 2. The third-order valence-electron chi connectivity index (χ3n) is 8.26. The number of rotatable bonds is 8. The van der Waals surface area contributed by atoms with Crippen molar-refractivity contribution in [2.24, 2.45) is 5.73 Å². The highest BCUT2D eigenvalue weighted by Crippen LogP contribution is 2.46. The molecular formula is C35H39Cl2F2N5O4. The lowest BCUT2D eigenvalue weighted by molar-refractivity contribution is 0.0515. The molecule has 0 unspecified atom stereocenters. The third kappa shape index (κ3) is 9.74. The van der Waals surface area contributed by atoms with Crippen LogP contribution in [0.3, 0.4) is 0 Å². The van der Waals surface area contributed by atoms with Crippen LogP contribution in [-0.4, -0.2) is 45.1 Å². The van der Waals surface area contributed by atoms with Crippen LogP contribution in [0.15, 0.2) is 73.3 Å². The fraction of sp³-hybridized carbons (Fsp3) is 0.371. The Balaban J connectivity index is 0.000000212. The Labute approximate surface area is 290 Å².